The molecular formula is C12H17N3O2. The van der Waals surface area contributed by atoms with E-state index in [1.165, 1.54) is 12.7 Å². The molecule has 5 nitrogen and oxygen atoms in total. The summed E-state index contributed by atoms with van der Waals surface area (Å²) in [6.45, 7) is 1.35. The van der Waals surface area contributed by atoms with Gasteiger partial charge in [-0.05, 0) is 18.8 Å². The maximum Gasteiger partial charge on any atom is 0.291 e. The van der Waals surface area contributed by atoms with Gasteiger partial charge in [0, 0.05) is 24.7 Å². The normalized spacial score (nSPS) is 31.8. The maximum atomic E-state index is 12.2. The third kappa shape index (κ3) is 1.53. The van der Waals surface area contributed by atoms with Crippen LogP contribution in [-0.4, -0.2) is 29.4 Å². The van der Waals surface area contributed by atoms with Gasteiger partial charge in [-0.1, -0.05) is 6.42 Å². The summed E-state index contributed by atoms with van der Waals surface area (Å²) in [5.74, 6) is 0.544. The molecule has 1 aromatic rings. The van der Waals surface area contributed by atoms with Crippen LogP contribution in [0.1, 0.15) is 29.8 Å². The van der Waals surface area contributed by atoms with Crippen LogP contribution in [0.4, 0.5) is 5.69 Å². The number of rotatable bonds is 1. The molecule has 1 saturated carbocycles. The molecule has 2 aliphatic rings. The van der Waals surface area contributed by atoms with E-state index in [1.54, 1.807) is 11.0 Å². The first-order valence-electron chi connectivity index (χ1n) is 6.01. The van der Waals surface area contributed by atoms with Gasteiger partial charge in [0.25, 0.3) is 5.91 Å². The molecule has 92 valence electrons. The number of carbonyl (C=O) groups is 1. The van der Waals surface area contributed by atoms with Gasteiger partial charge >= 0.3 is 0 Å². The lowest BCUT2D eigenvalue weighted by Gasteiger charge is -2.22. The molecule has 1 aromatic heterocycles. The second kappa shape index (κ2) is 3.50. The lowest BCUT2D eigenvalue weighted by molar-refractivity contribution is 0.0748. The van der Waals surface area contributed by atoms with Crippen molar-refractivity contribution < 1.29 is 9.21 Å². The van der Waals surface area contributed by atoms with Crippen LogP contribution >= 0.6 is 0 Å². The Hall–Kier alpha value is -1.49. The number of carbonyl (C=O) groups excluding carboxylic acids is 1. The molecule has 0 spiro atoms. The number of fused-ring (bicyclic) bond motifs is 1. The van der Waals surface area contributed by atoms with Crippen LogP contribution < -0.4 is 11.5 Å². The van der Waals surface area contributed by atoms with Gasteiger partial charge in [0.05, 0.1) is 12.0 Å². The highest BCUT2D eigenvalue weighted by Gasteiger charge is 2.48. The third-order valence-corrected chi connectivity index (χ3v) is 4.11. The summed E-state index contributed by atoms with van der Waals surface area (Å²) in [6.07, 6.45) is 4.74. The summed E-state index contributed by atoms with van der Waals surface area (Å²) in [6, 6.07) is 1.60. The number of nitrogen functional groups attached to an aromatic ring is 1. The van der Waals surface area contributed by atoms with Gasteiger partial charge in [0.15, 0.2) is 0 Å². The number of hydrogen-bond donors (Lipinski definition) is 2. The van der Waals surface area contributed by atoms with Crippen LogP contribution in [-0.2, 0) is 0 Å². The van der Waals surface area contributed by atoms with E-state index in [0.717, 1.165) is 19.4 Å². The van der Waals surface area contributed by atoms with Crippen LogP contribution in [0.25, 0.3) is 0 Å². The Bertz CT molecular complexity index is 456. The van der Waals surface area contributed by atoms with Crippen LogP contribution in [0.2, 0.25) is 0 Å². The summed E-state index contributed by atoms with van der Waals surface area (Å²) >= 11 is 0. The van der Waals surface area contributed by atoms with E-state index in [4.69, 9.17) is 15.9 Å². The average Bonchev–Trinajstić information content (AvgIpc) is 2.90. The second-order valence-electron chi connectivity index (χ2n) is 5.21. The van der Waals surface area contributed by atoms with Crippen molar-refractivity contribution in [3.05, 3.63) is 18.1 Å². The number of hydrogen-bond acceptors (Lipinski definition) is 4. The monoisotopic (exact) mass is 235 g/mol. The van der Waals surface area contributed by atoms with Crippen molar-refractivity contribution in [1.29, 1.82) is 0 Å². The fourth-order valence-corrected chi connectivity index (χ4v) is 3.13. The first kappa shape index (κ1) is 10.7. The van der Waals surface area contributed by atoms with Crippen molar-refractivity contribution in [2.45, 2.75) is 24.8 Å². The highest BCUT2D eigenvalue weighted by Crippen LogP contribution is 2.40. The molecule has 3 rings (SSSR count). The van der Waals surface area contributed by atoms with E-state index in [0.29, 0.717) is 18.2 Å². The van der Waals surface area contributed by atoms with E-state index in [-0.39, 0.29) is 17.2 Å². The first-order chi connectivity index (χ1) is 8.10. The van der Waals surface area contributed by atoms with E-state index in [9.17, 15) is 4.79 Å². The number of anilines is 1. The van der Waals surface area contributed by atoms with Gasteiger partial charge in [-0.15, -0.1) is 0 Å². The van der Waals surface area contributed by atoms with Crippen LogP contribution in [0, 0.1) is 5.92 Å². The van der Waals surface area contributed by atoms with E-state index >= 15 is 0 Å². The zero-order valence-electron chi connectivity index (χ0n) is 9.69. The standard InChI is InChI=1S/C12H17N3O2/c13-9-3-5-17-10(9)11(16)15-6-8-2-1-4-12(8,14)7-15/h3,5,8H,1-2,4,6-7,13-14H2. The Morgan fingerprint density at radius 2 is 2.41 bits per heavy atom. The Kier molecular flexibility index (Phi) is 2.19. The summed E-state index contributed by atoms with van der Waals surface area (Å²) in [4.78, 5) is 14.0. The van der Waals surface area contributed by atoms with Crippen molar-refractivity contribution in [3.63, 3.8) is 0 Å². The van der Waals surface area contributed by atoms with Gasteiger partial charge < -0.3 is 20.8 Å². The minimum Gasteiger partial charge on any atom is -0.457 e. The number of nitrogens with zero attached hydrogens (tertiary/aromatic N) is 1. The molecule has 5 heteroatoms. The van der Waals surface area contributed by atoms with Crippen molar-refractivity contribution >= 4 is 11.6 Å². The molecule has 4 N–H and O–H groups in total. The smallest absolute Gasteiger partial charge is 0.291 e. The van der Waals surface area contributed by atoms with Gasteiger partial charge in [-0.3, -0.25) is 4.79 Å². The molecule has 2 atom stereocenters. The van der Waals surface area contributed by atoms with Crippen molar-refractivity contribution in [2.24, 2.45) is 11.7 Å². The Labute approximate surface area is 99.7 Å². The minimum absolute atomic E-state index is 0.133. The van der Waals surface area contributed by atoms with E-state index in [1.807, 2.05) is 0 Å². The molecule has 0 bridgehead atoms. The number of furan rings is 1. The largest absolute Gasteiger partial charge is 0.457 e. The van der Waals surface area contributed by atoms with Crippen LogP contribution in [0.3, 0.4) is 0 Å². The lowest BCUT2D eigenvalue weighted by atomic mass is 9.92. The molecule has 17 heavy (non-hydrogen) atoms. The predicted octanol–water partition coefficient (Wildman–Crippen LogP) is 0.815. The average molecular weight is 235 g/mol. The minimum atomic E-state index is -0.184. The van der Waals surface area contributed by atoms with Crippen molar-refractivity contribution in [1.82, 2.24) is 4.90 Å². The Morgan fingerprint density at radius 1 is 1.59 bits per heavy atom. The molecule has 0 radical (unpaired) electrons. The number of amides is 1. The predicted molar refractivity (Wildman–Crippen MR) is 63.3 cm³/mol. The fourth-order valence-electron chi connectivity index (χ4n) is 3.13. The maximum absolute atomic E-state index is 12.2. The SMILES string of the molecule is Nc1ccoc1C(=O)N1CC2CCCC2(N)C1. The topological polar surface area (TPSA) is 85.5 Å². The molecular weight excluding hydrogens is 218 g/mol. The molecule has 1 aliphatic carbocycles. The van der Waals surface area contributed by atoms with Gasteiger partial charge in [-0.25, -0.2) is 0 Å². The first-order valence-corrected chi connectivity index (χ1v) is 6.01. The van der Waals surface area contributed by atoms with Crippen LogP contribution in [0.15, 0.2) is 16.7 Å². The van der Waals surface area contributed by atoms with Gasteiger partial charge in [0.2, 0.25) is 5.76 Å². The van der Waals surface area contributed by atoms with E-state index < -0.39 is 0 Å². The van der Waals surface area contributed by atoms with Gasteiger partial charge in [-0.2, -0.15) is 0 Å². The lowest BCUT2D eigenvalue weighted by Crippen LogP contribution is -2.44. The summed E-state index contributed by atoms with van der Waals surface area (Å²) in [7, 11) is 0. The molecule has 2 unspecified atom stereocenters. The highest BCUT2D eigenvalue weighted by molar-refractivity contribution is 5.96. The molecule has 1 aliphatic heterocycles. The molecule has 1 saturated heterocycles. The number of likely N-dealkylation sites (tertiary alicyclic amines) is 1. The third-order valence-electron chi connectivity index (χ3n) is 4.11. The van der Waals surface area contributed by atoms with E-state index in [2.05, 4.69) is 0 Å². The quantitative estimate of drug-likeness (QED) is 0.754. The van der Waals surface area contributed by atoms with Gasteiger partial charge in [0.1, 0.15) is 0 Å². The summed E-state index contributed by atoms with van der Waals surface area (Å²) in [5, 5.41) is 0. The Balaban J connectivity index is 1.80. The fraction of sp³-hybridized carbons (Fsp3) is 0.583. The summed E-state index contributed by atoms with van der Waals surface area (Å²) in [5.41, 5.74) is 12.2. The van der Waals surface area contributed by atoms with Crippen LogP contribution in [0.5, 0.6) is 0 Å². The Morgan fingerprint density at radius 3 is 3.06 bits per heavy atom. The molecule has 1 amide bonds. The zero-order valence-corrected chi connectivity index (χ0v) is 9.69. The van der Waals surface area contributed by atoms with Crippen molar-refractivity contribution in [2.75, 3.05) is 18.8 Å². The molecule has 2 fully saturated rings. The molecule has 2 heterocycles. The second-order valence-corrected chi connectivity index (χ2v) is 5.21. The molecule has 0 aromatic carbocycles. The number of nitrogens with two attached hydrogens (primary N) is 2. The zero-order chi connectivity index (χ0) is 12.0. The summed E-state index contributed by atoms with van der Waals surface area (Å²) < 4.78 is 5.14. The van der Waals surface area contributed by atoms with Crippen molar-refractivity contribution in [3.8, 4) is 0 Å². The highest BCUT2D eigenvalue weighted by atomic mass is 16.3.